The van der Waals surface area contributed by atoms with Crippen LogP contribution in [0.15, 0.2) is 35.9 Å². The molecule has 1 aromatic rings. The molecule has 1 aromatic carbocycles. The smallest absolute Gasteiger partial charge is 0.317 e. The number of urea groups is 1. The number of piperazine rings is 1. The molecular formula is C27H40N4O2. The van der Waals surface area contributed by atoms with Crippen molar-refractivity contribution in [2.75, 3.05) is 52.4 Å². The standard InChI is InChI=1S/C27H40N4O2/c1-5-28-26(33)30-15-12-29(13-16-30)14-17-31(25(32)21-8-6-20(2)7-9-21)19-22-10-11-23-18-24(22)27(23,3)4/h6-10,23-24H,5,11-19H2,1-4H3,(H,28,33). The van der Waals surface area contributed by atoms with E-state index in [0.29, 0.717) is 24.4 Å². The number of nitrogens with one attached hydrogen (secondary N) is 1. The summed E-state index contributed by atoms with van der Waals surface area (Å²) in [6.45, 7) is 14.9. The van der Waals surface area contributed by atoms with Gasteiger partial charge in [-0.25, -0.2) is 4.79 Å². The fourth-order valence-electron chi connectivity index (χ4n) is 5.71. The van der Waals surface area contributed by atoms with Gasteiger partial charge in [-0.05, 0) is 56.1 Å². The number of rotatable bonds is 7. The molecule has 1 saturated carbocycles. The Morgan fingerprint density at radius 3 is 2.42 bits per heavy atom. The third kappa shape index (κ3) is 5.11. The van der Waals surface area contributed by atoms with Crippen LogP contribution in [0.4, 0.5) is 4.79 Å². The molecular weight excluding hydrogens is 412 g/mol. The van der Waals surface area contributed by atoms with Gasteiger partial charge in [0, 0.05) is 57.9 Å². The molecule has 2 fully saturated rings. The lowest BCUT2D eigenvalue weighted by Gasteiger charge is -2.57. The highest BCUT2D eigenvalue weighted by atomic mass is 16.2. The molecule has 2 unspecified atom stereocenters. The van der Waals surface area contributed by atoms with E-state index in [0.717, 1.165) is 57.2 Å². The maximum atomic E-state index is 13.5. The molecule has 6 heteroatoms. The Kier molecular flexibility index (Phi) is 7.13. The number of nitrogens with zero attached hydrogens (tertiary/aromatic N) is 3. The van der Waals surface area contributed by atoms with Gasteiger partial charge in [0.25, 0.3) is 5.91 Å². The minimum atomic E-state index is 0.0268. The summed E-state index contributed by atoms with van der Waals surface area (Å²) in [6.07, 6.45) is 4.82. The Labute approximate surface area is 199 Å². The van der Waals surface area contributed by atoms with Crippen molar-refractivity contribution in [3.8, 4) is 0 Å². The van der Waals surface area contributed by atoms with Crippen LogP contribution in [0.1, 0.15) is 49.5 Å². The van der Waals surface area contributed by atoms with Gasteiger partial charge in [0.2, 0.25) is 0 Å². The number of allylic oxidation sites excluding steroid dienone is 1. The first kappa shape index (κ1) is 23.8. The highest BCUT2D eigenvalue weighted by Gasteiger charge is 2.51. The molecule has 4 aliphatic rings. The lowest BCUT2D eigenvalue weighted by molar-refractivity contribution is -0.0105. The molecule has 1 aliphatic heterocycles. The second-order valence-electron chi connectivity index (χ2n) is 10.6. The fourth-order valence-corrected chi connectivity index (χ4v) is 5.71. The summed E-state index contributed by atoms with van der Waals surface area (Å²) in [5, 5.41) is 2.89. The number of amides is 3. The number of aryl methyl sites for hydroxylation is 1. The van der Waals surface area contributed by atoms with Crippen molar-refractivity contribution < 1.29 is 9.59 Å². The van der Waals surface area contributed by atoms with Gasteiger partial charge in [-0.15, -0.1) is 0 Å². The van der Waals surface area contributed by atoms with Crippen LogP contribution in [0.2, 0.25) is 0 Å². The maximum absolute atomic E-state index is 13.5. The zero-order valence-corrected chi connectivity index (χ0v) is 20.8. The zero-order chi connectivity index (χ0) is 23.6. The molecule has 33 heavy (non-hydrogen) atoms. The number of carbonyl (C=O) groups excluding carboxylic acids is 2. The lowest BCUT2D eigenvalue weighted by atomic mass is 9.49. The van der Waals surface area contributed by atoms with Crippen LogP contribution < -0.4 is 5.32 Å². The highest BCUT2D eigenvalue weighted by molar-refractivity contribution is 5.94. The molecule has 2 bridgehead atoms. The third-order valence-electron chi connectivity index (χ3n) is 8.22. The van der Waals surface area contributed by atoms with E-state index in [1.54, 1.807) is 0 Å². The first-order chi connectivity index (χ1) is 15.8. The maximum Gasteiger partial charge on any atom is 0.317 e. The molecule has 180 valence electrons. The van der Waals surface area contributed by atoms with Crippen molar-refractivity contribution in [1.29, 1.82) is 0 Å². The van der Waals surface area contributed by atoms with Gasteiger partial charge in [0.05, 0.1) is 0 Å². The number of fused-ring (bicyclic) bond motifs is 1. The van der Waals surface area contributed by atoms with Crippen molar-refractivity contribution in [3.05, 3.63) is 47.0 Å². The largest absolute Gasteiger partial charge is 0.338 e. The third-order valence-corrected chi connectivity index (χ3v) is 8.22. The van der Waals surface area contributed by atoms with Crippen molar-refractivity contribution in [2.45, 2.75) is 40.5 Å². The van der Waals surface area contributed by atoms with Crippen LogP contribution in [-0.4, -0.2) is 79.0 Å². The Bertz CT molecular complexity index is 884. The number of hydrogen-bond acceptors (Lipinski definition) is 3. The second kappa shape index (κ2) is 9.88. The van der Waals surface area contributed by atoms with Gasteiger partial charge in [-0.2, -0.15) is 0 Å². The molecule has 0 aromatic heterocycles. The Balaban J connectivity index is 1.40. The number of carbonyl (C=O) groups is 2. The Morgan fingerprint density at radius 2 is 1.82 bits per heavy atom. The minimum Gasteiger partial charge on any atom is -0.338 e. The summed E-state index contributed by atoms with van der Waals surface area (Å²) < 4.78 is 0. The van der Waals surface area contributed by atoms with Crippen molar-refractivity contribution in [1.82, 2.24) is 20.0 Å². The SMILES string of the molecule is CCNC(=O)N1CCN(CCN(CC2=CCC3CC2C3(C)C)C(=O)c2ccc(C)cc2)CC1. The topological polar surface area (TPSA) is 55.9 Å². The Morgan fingerprint density at radius 1 is 1.12 bits per heavy atom. The highest BCUT2D eigenvalue weighted by Crippen LogP contribution is 2.59. The lowest BCUT2D eigenvalue weighted by Crippen LogP contribution is -2.53. The molecule has 1 N–H and O–H groups in total. The summed E-state index contributed by atoms with van der Waals surface area (Å²) in [5.41, 5.74) is 3.74. The van der Waals surface area contributed by atoms with E-state index < -0.39 is 0 Å². The molecule has 0 radical (unpaired) electrons. The average molecular weight is 453 g/mol. The number of hydrogen-bond donors (Lipinski definition) is 1. The second-order valence-corrected chi connectivity index (χ2v) is 10.6. The van der Waals surface area contributed by atoms with Gasteiger partial charge in [0.15, 0.2) is 0 Å². The van der Waals surface area contributed by atoms with Crippen molar-refractivity contribution >= 4 is 11.9 Å². The summed E-state index contributed by atoms with van der Waals surface area (Å²) >= 11 is 0. The summed E-state index contributed by atoms with van der Waals surface area (Å²) in [4.78, 5) is 31.9. The predicted molar refractivity (Wildman–Crippen MR) is 132 cm³/mol. The van der Waals surface area contributed by atoms with Crippen molar-refractivity contribution in [3.63, 3.8) is 0 Å². The summed E-state index contributed by atoms with van der Waals surface area (Å²) in [5.74, 6) is 1.52. The quantitative estimate of drug-likeness (QED) is 0.641. The van der Waals surface area contributed by atoms with Crippen LogP contribution >= 0.6 is 0 Å². The van der Waals surface area contributed by atoms with Crippen molar-refractivity contribution in [2.24, 2.45) is 17.3 Å². The Hall–Kier alpha value is -2.34. The van der Waals surface area contributed by atoms with E-state index in [1.165, 1.54) is 17.6 Å². The normalized spacial score (nSPS) is 24.0. The van der Waals surface area contributed by atoms with Gasteiger partial charge >= 0.3 is 6.03 Å². The average Bonchev–Trinajstić information content (AvgIpc) is 2.82. The molecule has 3 aliphatic carbocycles. The van der Waals surface area contributed by atoms with E-state index in [2.05, 4.69) is 35.0 Å². The van der Waals surface area contributed by atoms with Crippen LogP contribution in [0.5, 0.6) is 0 Å². The van der Waals surface area contributed by atoms with E-state index >= 15 is 0 Å². The van der Waals surface area contributed by atoms with Crippen LogP contribution in [0.3, 0.4) is 0 Å². The van der Waals surface area contributed by atoms with E-state index in [1.807, 2.05) is 43.0 Å². The molecule has 5 rings (SSSR count). The first-order valence-electron chi connectivity index (χ1n) is 12.6. The predicted octanol–water partition coefficient (Wildman–Crippen LogP) is 3.78. The fraction of sp³-hybridized carbons (Fsp3) is 0.630. The summed E-state index contributed by atoms with van der Waals surface area (Å²) in [7, 11) is 0. The molecule has 6 nitrogen and oxygen atoms in total. The molecule has 2 atom stereocenters. The van der Waals surface area contributed by atoms with E-state index in [4.69, 9.17) is 0 Å². The molecule has 1 heterocycles. The monoisotopic (exact) mass is 452 g/mol. The van der Waals surface area contributed by atoms with Gasteiger partial charge < -0.3 is 15.1 Å². The van der Waals surface area contributed by atoms with Gasteiger partial charge in [-0.3, -0.25) is 9.69 Å². The molecule has 0 spiro atoms. The first-order valence-corrected chi connectivity index (χ1v) is 12.6. The van der Waals surface area contributed by atoms with E-state index in [9.17, 15) is 9.59 Å². The molecule has 3 amide bonds. The van der Waals surface area contributed by atoms with Gasteiger partial charge in [0.1, 0.15) is 0 Å². The number of benzene rings is 1. The van der Waals surface area contributed by atoms with Crippen LogP contribution in [-0.2, 0) is 0 Å². The molecule has 1 saturated heterocycles. The minimum absolute atomic E-state index is 0.0268. The van der Waals surface area contributed by atoms with Crippen LogP contribution in [0, 0.1) is 24.2 Å². The zero-order valence-electron chi connectivity index (χ0n) is 20.8. The van der Waals surface area contributed by atoms with E-state index in [-0.39, 0.29) is 11.9 Å². The van der Waals surface area contributed by atoms with Crippen LogP contribution in [0.25, 0.3) is 0 Å². The van der Waals surface area contributed by atoms with Gasteiger partial charge in [-0.1, -0.05) is 43.2 Å². The summed E-state index contributed by atoms with van der Waals surface area (Å²) in [6, 6.07) is 7.97.